The maximum atomic E-state index is 6.09. The second kappa shape index (κ2) is 6.30. The molecule has 0 atom stereocenters. The SMILES string of the molecule is COc1ccc(NC[C@H]2CC[C@H](N)CC2)cc1Cl. The molecule has 1 aromatic rings. The summed E-state index contributed by atoms with van der Waals surface area (Å²) in [5, 5.41) is 4.09. The van der Waals surface area contributed by atoms with E-state index in [-0.39, 0.29) is 0 Å². The van der Waals surface area contributed by atoms with Crippen LogP contribution in [0, 0.1) is 5.92 Å². The molecule has 1 saturated carbocycles. The van der Waals surface area contributed by atoms with E-state index in [1.54, 1.807) is 7.11 Å². The van der Waals surface area contributed by atoms with Crippen molar-refractivity contribution >= 4 is 17.3 Å². The third-order valence-electron chi connectivity index (χ3n) is 3.64. The van der Waals surface area contributed by atoms with Crippen molar-refractivity contribution in [2.24, 2.45) is 11.7 Å². The van der Waals surface area contributed by atoms with Gasteiger partial charge in [-0.3, -0.25) is 0 Å². The van der Waals surface area contributed by atoms with Crippen molar-refractivity contribution in [3.63, 3.8) is 0 Å². The lowest BCUT2D eigenvalue weighted by Gasteiger charge is -2.26. The smallest absolute Gasteiger partial charge is 0.137 e. The number of hydrogen-bond donors (Lipinski definition) is 2. The maximum Gasteiger partial charge on any atom is 0.137 e. The zero-order valence-electron chi connectivity index (χ0n) is 10.8. The van der Waals surface area contributed by atoms with E-state index >= 15 is 0 Å². The lowest BCUT2D eigenvalue weighted by atomic mass is 9.86. The summed E-state index contributed by atoms with van der Waals surface area (Å²) in [5.41, 5.74) is 6.96. The normalized spacial score (nSPS) is 23.7. The number of anilines is 1. The number of methoxy groups -OCH3 is 1. The van der Waals surface area contributed by atoms with E-state index in [0.717, 1.165) is 31.0 Å². The van der Waals surface area contributed by atoms with Crippen molar-refractivity contribution in [1.82, 2.24) is 0 Å². The predicted octanol–water partition coefficient (Wildman–Crippen LogP) is 3.28. The summed E-state index contributed by atoms with van der Waals surface area (Å²) in [7, 11) is 1.62. The fraction of sp³-hybridized carbons (Fsp3) is 0.571. The zero-order valence-corrected chi connectivity index (χ0v) is 11.5. The van der Waals surface area contributed by atoms with Gasteiger partial charge in [0.2, 0.25) is 0 Å². The first-order valence-corrected chi connectivity index (χ1v) is 6.90. The molecule has 100 valence electrons. The molecule has 1 fully saturated rings. The van der Waals surface area contributed by atoms with Crippen LogP contribution >= 0.6 is 11.6 Å². The second-order valence-corrected chi connectivity index (χ2v) is 5.42. The Kier molecular flexibility index (Phi) is 4.72. The molecule has 3 N–H and O–H groups in total. The van der Waals surface area contributed by atoms with Gasteiger partial charge < -0.3 is 15.8 Å². The largest absolute Gasteiger partial charge is 0.495 e. The summed E-state index contributed by atoms with van der Waals surface area (Å²) in [4.78, 5) is 0. The molecule has 0 aromatic heterocycles. The van der Waals surface area contributed by atoms with Crippen molar-refractivity contribution in [1.29, 1.82) is 0 Å². The molecule has 0 unspecified atom stereocenters. The number of halogens is 1. The lowest BCUT2D eigenvalue weighted by molar-refractivity contribution is 0.339. The lowest BCUT2D eigenvalue weighted by Crippen LogP contribution is -2.29. The van der Waals surface area contributed by atoms with Crippen LogP contribution in [0.1, 0.15) is 25.7 Å². The van der Waals surface area contributed by atoms with Crippen LogP contribution in [0.3, 0.4) is 0 Å². The molecule has 1 aromatic carbocycles. The minimum absolute atomic E-state index is 0.414. The number of nitrogens with one attached hydrogen (secondary N) is 1. The monoisotopic (exact) mass is 268 g/mol. The van der Waals surface area contributed by atoms with Crippen LogP contribution in [0.4, 0.5) is 5.69 Å². The summed E-state index contributed by atoms with van der Waals surface area (Å²) in [6, 6.07) is 6.21. The van der Waals surface area contributed by atoms with Gasteiger partial charge in [-0.05, 0) is 49.8 Å². The Labute approximate surface area is 114 Å². The van der Waals surface area contributed by atoms with Crippen LogP contribution < -0.4 is 15.8 Å². The Morgan fingerprint density at radius 1 is 1.33 bits per heavy atom. The number of hydrogen-bond acceptors (Lipinski definition) is 3. The molecule has 0 spiro atoms. The first-order chi connectivity index (χ1) is 8.69. The van der Waals surface area contributed by atoms with Gasteiger partial charge in [-0.25, -0.2) is 0 Å². The molecule has 0 bridgehead atoms. The van der Waals surface area contributed by atoms with Crippen LogP contribution in [0.15, 0.2) is 18.2 Å². The highest BCUT2D eigenvalue weighted by molar-refractivity contribution is 6.32. The van der Waals surface area contributed by atoms with Gasteiger partial charge in [0.05, 0.1) is 12.1 Å². The van der Waals surface area contributed by atoms with Gasteiger partial charge in [-0.15, -0.1) is 0 Å². The molecule has 0 heterocycles. The highest BCUT2D eigenvalue weighted by Gasteiger charge is 2.18. The van der Waals surface area contributed by atoms with Crippen LogP contribution in [-0.2, 0) is 0 Å². The fourth-order valence-electron chi connectivity index (χ4n) is 2.43. The molecular formula is C14H21ClN2O. The first kappa shape index (κ1) is 13.5. The van der Waals surface area contributed by atoms with Gasteiger partial charge in [0.25, 0.3) is 0 Å². The van der Waals surface area contributed by atoms with Gasteiger partial charge in [-0.2, -0.15) is 0 Å². The Hall–Kier alpha value is -0.930. The maximum absolute atomic E-state index is 6.09. The average molecular weight is 269 g/mol. The zero-order chi connectivity index (χ0) is 13.0. The summed E-state index contributed by atoms with van der Waals surface area (Å²) < 4.78 is 5.13. The average Bonchev–Trinajstić information content (AvgIpc) is 2.38. The standard InChI is InChI=1S/C14H21ClN2O/c1-18-14-7-6-12(8-13(14)15)17-9-10-2-4-11(16)5-3-10/h6-8,10-11,17H,2-5,9,16H2,1H3/t10-,11-. The van der Waals surface area contributed by atoms with E-state index < -0.39 is 0 Å². The van der Waals surface area contributed by atoms with Gasteiger partial charge in [0.15, 0.2) is 0 Å². The Morgan fingerprint density at radius 3 is 2.67 bits per heavy atom. The van der Waals surface area contributed by atoms with Crippen molar-refractivity contribution < 1.29 is 4.74 Å². The molecule has 3 nitrogen and oxygen atoms in total. The molecule has 0 aliphatic heterocycles. The molecule has 0 saturated heterocycles. The van der Waals surface area contributed by atoms with Gasteiger partial charge in [0.1, 0.15) is 5.75 Å². The van der Waals surface area contributed by atoms with E-state index in [9.17, 15) is 0 Å². The fourth-order valence-corrected chi connectivity index (χ4v) is 2.69. The molecule has 1 aliphatic rings. The van der Waals surface area contributed by atoms with E-state index in [1.165, 1.54) is 12.8 Å². The molecule has 4 heteroatoms. The van der Waals surface area contributed by atoms with E-state index in [0.29, 0.717) is 16.8 Å². The van der Waals surface area contributed by atoms with E-state index in [1.807, 2.05) is 18.2 Å². The van der Waals surface area contributed by atoms with Crippen LogP contribution in [0.2, 0.25) is 5.02 Å². The van der Waals surface area contributed by atoms with Crippen LogP contribution in [-0.4, -0.2) is 19.7 Å². The topological polar surface area (TPSA) is 47.3 Å². The minimum Gasteiger partial charge on any atom is -0.495 e. The van der Waals surface area contributed by atoms with Crippen molar-refractivity contribution in [2.75, 3.05) is 19.0 Å². The number of nitrogens with two attached hydrogens (primary N) is 1. The number of ether oxygens (including phenoxy) is 1. The number of rotatable bonds is 4. The molecule has 0 radical (unpaired) electrons. The first-order valence-electron chi connectivity index (χ1n) is 6.52. The molecule has 1 aliphatic carbocycles. The quantitative estimate of drug-likeness (QED) is 0.881. The predicted molar refractivity (Wildman–Crippen MR) is 76.4 cm³/mol. The van der Waals surface area contributed by atoms with Gasteiger partial charge in [-0.1, -0.05) is 11.6 Å². The van der Waals surface area contributed by atoms with E-state index in [4.69, 9.17) is 22.1 Å². The highest BCUT2D eigenvalue weighted by Crippen LogP contribution is 2.28. The van der Waals surface area contributed by atoms with Gasteiger partial charge in [0, 0.05) is 18.3 Å². The molecule has 2 rings (SSSR count). The molecular weight excluding hydrogens is 248 g/mol. The van der Waals surface area contributed by atoms with Crippen molar-refractivity contribution in [3.05, 3.63) is 23.2 Å². The van der Waals surface area contributed by atoms with Crippen molar-refractivity contribution in [3.8, 4) is 5.75 Å². The summed E-state index contributed by atoms with van der Waals surface area (Å²) in [5.74, 6) is 1.44. The highest BCUT2D eigenvalue weighted by atomic mass is 35.5. The Balaban J connectivity index is 1.84. The van der Waals surface area contributed by atoms with Gasteiger partial charge >= 0.3 is 0 Å². The Morgan fingerprint density at radius 2 is 2.06 bits per heavy atom. The summed E-state index contributed by atoms with van der Waals surface area (Å²) in [6.45, 7) is 0.995. The summed E-state index contributed by atoms with van der Waals surface area (Å²) >= 11 is 6.09. The third-order valence-corrected chi connectivity index (χ3v) is 3.93. The van der Waals surface area contributed by atoms with Crippen LogP contribution in [0.5, 0.6) is 5.75 Å². The summed E-state index contributed by atoms with van der Waals surface area (Å²) in [6.07, 6.45) is 4.74. The third kappa shape index (κ3) is 3.53. The molecule has 18 heavy (non-hydrogen) atoms. The second-order valence-electron chi connectivity index (χ2n) is 5.01. The van der Waals surface area contributed by atoms with Crippen molar-refractivity contribution in [2.45, 2.75) is 31.7 Å². The van der Waals surface area contributed by atoms with Crippen LogP contribution in [0.25, 0.3) is 0 Å². The van der Waals surface area contributed by atoms with E-state index in [2.05, 4.69) is 5.32 Å². The minimum atomic E-state index is 0.414. The number of benzene rings is 1. The molecule has 0 amide bonds. The Bertz CT molecular complexity index is 389.